The van der Waals surface area contributed by atoms with Crippen LogP contribution >= 0.6 is 15.9 Å². The van der Waals surface area contributed by atoms with Crippen molar-refractivity contribution < 1.29 is 0 Å². The Hall–Kier alpha value is -0.420. The van der Waals surface area contributed by atoms with E-state index in [4.69, 9.17) is 5.73 Å². The van der Waals surface area contributed by atoms with Crippen LogP contribution in [0, 0.1) is 0 Å². The molecule has 0 spiro atoms. The van der Waals surface area contributed by atoms with Gasteiger partial charge in [-0.1, -0.05) is 35.0 Å². The van der Waals surface area contributed by atoms with Crippen LogP contribution in [-0.4, -0.2) is 43.5 Å². The molecule has 2 N–H and O–H groups in total. The number of nitrogens with two attached hydrogens (primary N) is 1. The molecule has 0 atom stereocenters. The zero-order valence-electron chi connectivity index (χ0n) is 12.3. The standard InChI is InChI=1S/C15H26BrN3/c1-4-7-19(9-8-18(2)3)12-14-6-5-13(11-17)10-15(14)16/h5-6,10H,4,7-9,11-12,17H2,1-3H3. The average Bonchev–Trinajstić information content (AvgIpc) is 2.38. The maximum Gasteiger partial charge on any atom is 0.0245 e. The third kappa shape index (κ3) is 6.04. The Morgan fingerprint density at radius 2 is 1.89 bits per heavy atom. The molecule has 1 rings (SSSR count). The third-order valence-corrected chi connectivity index (χ3v) is 3.89. The van der Waals surface area contributed by atoms with E-state index in [1.807, 2.05) is 0 Å². The van der Waals surface area contributed by atoms with Crippen LogP contribution < -0.4 is 5.73 Å². The fourth-order valence-corrected chi connectivity index (χ4v) is 2.57. The van der Waals surface area contributed by atoms with Gasteiger partial charge in [0.1, 0.15) is 0 Å². The van der Waals surface area contributed by atoms with Crippen molar-refractivity contribution in [2.24, 2.45) is 5.73 Å². The van der Waals surface area contributed by atoms with Crippen LogP contribution in [0.5, 0.6) is 0 Å². The first-order valence-corrected chi connectivity index (χ1v) is 7.70. The summed E-state index contributed by atoms with van der Waals surface area (Å²) in [6.07, 6.45) is 1.19. The van der Waals surface area contributed by atoms with Gasteiger partial charge in [0.15, 0.2) is 0 Å². The summed E-state index contributed by atoms with van der Waals surface area (Å²) in [5, 5.41) is 0. The normalized spacial score (nSPS) is 11.5. The van der Waals surface area contributed by atoms with Crippen LogP contribution in [0.4, 0.5) is 0 Å². The minimum atomic E-state index is 0.595. The zero-order chi connectivity index (χ0) is 14.3. The Balaban J connectivity index is 2.67. The summed E-state index contributed by atoms with van der Waals surface area (Å²) in [4.78, 5) is 4.73. The summed E-state index contributed by atoms with van der Waals surface area (Å²) in [6.45, 7) is 7.16. The van der Waals surface area contributed by atoms with Gasteiger partial charge in [-0.2, -0.15) is 0 Å². The molecule has 0 radical (unpaired) electrons. The lowest BCUT2D eigenvalue weighted by atomic mass is 10.1. The molecule has 3 nitrogen and oxygen atoms in total. The molecule has 0 aliphatic heterocycles. The fourth-order valence-electron chi connectivity index (χ4n) is 2.01. The summed E-state index contributed by atoms with van der Waals surface area (Å²) in [5.41, 5.74) is 8.17. The fraction of sp³-hybridized carbons (Fsp3) is 0.600. The number of rotatable bonds is 8. The van der Waals surface area contributed by atoms with E-state index in [0.717, 1.165) is 26.2 Å². The number of benzene rings is 1. The maximum atomic E-state index is 5.66. The van der Waals surface area contributed by atoms with E-state index in [0.29, 0.717) is 6.54 Å². The molecule has 0 aliphatic carbocycles. The first kappa shape index (κ1) is 16.6. The molecule has 4 heteroatoms. The van der Waals surface area contributed by atoms with Gasteiger partial charge >= 0.3 is 0 Å². The SMILES string of the molecule is CCCN(CCN(C)C)Cc1ccc(CN)cc1Br. The first-order valence-electron chi connectivity index (χ1n) is 6.91. The predicted octanol–water partition coefficient (Wildman–Crippen LogP) is 2.68. The topological polar surface area (TPSA) is 32.5 Å². The molecule has 0 bridgehead atoms. The molecule has 0 aliphatic rings. The number of nitrogens with zero attached hydrogens (tertiary/aromatic N) is 2. The maximum absolute atomic E-state index is 5.66. The molecular weight excluding hydrogens is 302 g/mol. The largest absolute Gasteiger partial charge is 0.326 e. The van der Waals surface area contributed by atoms with Gasteiger partial charge in [0.2, 0.25) is 0 Å². The van der Waals surface area contributed by atoms with Gasteiger partial charge in [0.05, 0.1) is 0 Å². The number of halogens is 1. The quantitative estimate of drug-likeness (QED) is 0.796. The van der Waals surface area contributed by atoms with Gasteiger partial charge in [-0.3, -0.25) is 4.90 Å². The van der Waals surface area contributed by atoms with Crippen molar-refractivity contribution in [2.75, 3.05) is 33.7 Å². The smallest absolute Gasteiger partial charge is 0.0245 e. The van der Waals surface area contributed by atoms with Gasteiger partial charge in [-0.15, -0.1) is 0 Å². The van der Waals surface area contributed by atoms with Crippen LogP contribution in [0.2, 0.25) is 0 Å². The Kier molecular flexibility index (Phi) is 7.61. The first-order chi connectivity index (χ1) is 9.06. The molecular formula is C15H26BrN3. The summed E-state index contributed by atoms with van der Waals surface area (Å²) >= 11 is 3.65. The lowest BCUT2D eigenvalue weighted by Crippen LogP contribution is -2.32. The second kappa shape index (κ2) is 8.69. The molecule has 0 saturated carbocycles. The van der Waals surface area contributed by atoms with Gasteiger partial charge in [0.25, 0.3) is 0 Å². The number of hydrogen-bond donors (Lipinski definition) is 1. The highest BCUT2D eigenvalue weighted by atomic mass is 79.9. The Bertz CT molecular complexity index is 380. The van der Waals surface area contributed by atoms with Gasteiger partial charge in [-0.25, -0.2) is 0 Å². The van der Waals surface area contributed by atoms with E-state index in [1.54, 1.807) is 0 Å². The van der Waals surface area contributed by atoms with Crippen molar-refractivity contribution in [1.29, 1.82) is 0 Å². The molecule has 0 fully saturated rings. The molecule has 0 aromatic heterocycles. The lowest BCUT2D eigenvalue weighted by molar-refractivity contribution is 0.233. The van der Waals surface area contributed by atoms with Gasteiger partial charge in [-0.05, 0) is 44.3 Å². The zero-order valence-corrected chi connectivity index (χ0v) is 13.9. The second-order valence-electron chi connectivity index (χ2n) is 5.21. The van der Waals surface area contributed by atoms with Crippen molar-refractivity contribution in [3.8, 4) is 0 Å². The predicted molar refractivity (Wildman–Crippen MR) is 86.2 cm³/mol. The molecule has 0 heterocycles. The minimum absolute atomic E-state index is 0.595. The van der Waals surface area contributed by atoms with Crippen molar-refractivity contribution in [3.05, 3.63) is 33.8 Å². The van der Waals surface area contributed by atoms with Crippen LogP contribution in [0.1, 0.15) is 24.5 Å². The minimum Gasteiger partial charge on any atom is -0.326 e. The van der Waals surface area contributed by atoms with E-state index in [1.165, 1.54) is 22.0 Å². The molecule has 1 aromatic carbocycles. The average molecular weight is 328 g/mol. The van der Waals surface area contributed by atoms with Crippen molar-refractivity contribution in [3.63, 3.8) is 0 Å². The van der Waals surface area contributed by atoms with Crippen molar-refractivity contribution >= 4 is 15.9 Å². The van der Waals surface area contributed by atoms with Gasteiger partial charge < -0.3 is 10.6 Å². The van der Waals surface area contributed by atoms with E-state index in [2.05, 4.69) is 64.9 Å². The Morgan fingerprint density at radius 3 is 2.42 bits per heavy atom. The molecule has 1 aromatic rings. The van der Waals surface area contributed by atoms with Crippen LogP contribution in [-0.2, 0) is 13.1 Å². The van der Waals surface area contributed by atoms with Crippen molar-refractivity contribution in [2.45, 2.75) is 26.4 Å². The molecule has 0 saturated heterocycles. The molecule has 19 heavy (non-hydrogen) atoms. The molecule has 0 amide bonds. The van der Waals surface area contributed by atoms with Gasteiger partial charge in [0, 0.05) is 30.7 Å². The van der Waals surface area contributed by atoms with Crippen molar-refractivity contribution in [1.82, 2.24) is 9.80 Å². The summed E-state index contributed by atoms with van der Waals surface area (Å²) < 4.78 is 1.17. The highest BCUT2D eigenvalue weighted by Gasteiger charge is 2.08. The second-order valence-corrected chi connectivity index (χ2v) is 6.06. The highest BCUT2D eigenvalue weighted by molar-refractivity contribution is 9.10. The van der Waals surface area contributed by atoms with Crippen LogP contribution in [0.3, 0.4) is 0 Å². The Labute approximate surface area is 125 Å². The van der Waals surface area contributed by atoms with E-state index in [9.17, 15) is 0 Å². The summed E-state index contributed by atoms with van der Waals surface area (Å²) in [7, 11) is 4.24. The summed E-state index contributed by atoms with van der Waals surface area (Å²) in [5.74, 6) is 0. The molecule has 0 unspecified atom stereocenters. The number of likely N-dealkylation sites (N-methyl/N-ethyl adjacent to an activating group) is 1. The van der Waals surface area contributed by atoms with Crippen LogP contribution in [0.15, 0.2) is 22.7 Å². The third-order valence-electron chi connectivity index (χ3n) is 3.15. The van der Waals surface area contributed by atoms with Crippen LogP contribution in [0.25, 0.3) is 0 Å². The van der Waals surface area contributed by atoms with E-state index < -0.39 is 0 Å². The van der Waals surface area contributed by atoms with E-state index >= 15 is 0 Å². The monoisotopic (exact) mass is 327 g/mol. The lowest BCUT2D eigenvalue weighted by Gasteiger charge is -2.24. The van der Waals surface area contributed by atoms with E-state index in [-0.39, 0.29) is 0 Å². The highest BCUT2D eigenvalue weighted by Crippen LogP contribution is 2.20. The molecule has 108 valence electrons. The Morgan fingerprint density at radius 1 is 1.16 bits per heavy atom. The number of hydrogen-bond acceptors (Lipinski definition) is 3. The summed E-state index contributed by atoms with van der Waals surface area (Å²) in [6, 6.07) is 6.44.